The van der Waals surface area contributed by atoms with E-state index < -0.39 is 20.8 Å². The minimum Gasteiger partial charge on any atom is -0.179 e. The average Bonchev–Trinajstić information content (AvgIpc) is 3.14. The summed E-state index contributed by atoms with van der Waals surface area (Å²) >= 11 is -0.826. The second kappa shape index (κ2) is 10.7. The molecule has 0 aliphatic heterocycles. The van der Waals surface area contributed by atoms with Gasteiger partial charge in [-0.15, -0.1) is 5.56 Å². The molecular weight excluding hydrogens is 450 g/mol. The second-order valence-electron chi connectivity index (χ2n) is 6.80. The summed E-state index contributed by atoms with van der Waals surface area (Å²) in [7, 11) is 9.87. The van der Waals surface area contributed by atoms with Gasteiger partial charge in [0.2, 0.25) is 0 Å². The van der Waals surface area contributed by atoms with Crippen molar-refractivity contribution in [3.63, 3.8) is 0 Å². The van der Waals surface area contributed by atoms with Crippen LogP contribution in [0.5, 0.6) is 0 Å². The number of fused-ring (bicyclic) bond motifs is 3. The van der Waals surface area contributed by atoms with Crippen LogP contribution in [0.3, 0.4) is 0 Å². The van der Waals surface area contributed by atoms with Crippen molar-refractivity contribution in [3.8, 4) is 11.1 Å². The van der Waals surface area contributed by atoms with Gasteiger partial charge in [-0.25, -0.2) is 0 Å². The average molecular weight is 477 g/mol. The maximum absolute atomic E-state index is 4.93. The summed E-state index contributed by atoms with van der Waals surface area (Å²) in [5.74, 6) is 0. The number of hydrogen-bond acceptors (Lipinski definition) is 0. The smallest absolute Gasteiger partial charge is 0.0253 e. The number of halogens is 2. The Morgan fingerprint density at radius 1 is 0.926 bits per heavy atom. The van der Waals surface area contributed by atoms with Gasteiger partial charge in [0, 0.05) is 0 Å². The summed E-state index contributed by atoms with van der Waals surface area (Å²) in [6.07, 6.45) is 2.22. The van der Waals surface area contributed by atoms with Crippen molar-refractivity contribution in [1.29, 1.82) is 0 Å². The number of hydrogen-bond donors (Lipinski definition) is 0. The number of benzene rings is 2. The van der Waals surface area contributed by atoms with E-state index in [1.807, 2.05) is 6.07 Å². The Kier molecular flexibility index (Phi) is 8.94. The maximum atomic E-state index is 4.93. The van der Waals surface area contributed by atoms with Gasteiger partial charge in [0.15, 0.2) is 0 Å². The predicted molar refractivity (Wildman–Crippen MR) is 116 cm³/mol. The first-order chi connectivity index (χ1) is 13.0. The molecule has 1 aliphatic rings. The zero-order chi connectivity index (χ0) is 20.0. The molecule has 0 fully saturated rings. The zero-order valence-corrected chi connectivity index (χ0v) is 20.7. The van der Waals surface area contributed by atoms with Crippen LogP contribution in [0.2, 0.25) is 0 Å². The molecule has 3 aromatic rings. The van der Waals surface area contributed by atoms with Crippen LogP contribution < -0.4 is 0 Å². The van der Waals surface area contributed by atoms with Crippen LogP contribution in [0.4, 0.5) is 0 Å². The monoisotopic (exact) mass is 474 g/mol. The normalized spacial score (nSPS) is 10.6. The third kappa shape index (κ3) is 5.20. The van der Waals surface area contributed by atoms with E-state index in [2.05, 4.69) is 77.1 Å². The van der Waals surface area contributed by atoms with Crippen molar-refractivity contribution >= 4 is 17.0 Å². The fourth-order valence-electron chi connectivity index (χ4n) is 3.82. The van der Waals surface area contributed by atoms with Crippen LogP contribution >= 0.6 is 17.0 Å². The largest absolute Gasteiger partial charge is 0.179 e. The van der Waals surface area contributed by atoms with Gasteiger partial charge in [0.05, 0.1) is 0 Å². The van der Waals surface area contributed by atoms with E-state index in [-0.39, 0.29) is 0 Å². The molecule has 0 aromatic heterocycles. The molecule has 0 unspecified atom stereocenters. The Balaban J connectivity index is 0.000000172. The van der Waals surface area contributed by atoms with Gasteiger partial charge in [-0.05, 0) is 6.42 Å². The molecule has 0 amide bonds. The summed E-state index contributed by atoms with van der Waals surface area (Å²) in [5.41, 5.74) is 13.0. The number of rotatable bonds is 1. The van der Waals surface area contributed by atoms with Crippen molar-refractivity contribution in [2.24, 2.45) is 0 Å². The third-order valence-electron chi connectivity index (χ3n) is 5.56. The summed E-state index contributed by atoms with van der Waals surface area (Å²) in [5, 5.41) is 0. The SMILES string of the molecule is CC[c-]1c(C)c(C)c(C)c1C.[Cl][Zr+2][Cl].[c-]1cccc2c1Cc1ccccc1-2. The predicted octanol–water partition coefficient (Wildman–Crippen LogP) is 7.64. The molecule has 0 bridgehead atoms. The maximum Gasteiger partial charge on any atom is -0.0253 e. The van der Waals surface area contributed by atoms with E-state index in [1.54, 1.807) is 5.56 Å². The Morgan fingerprint density at radius 3 is 2.04 bits per heavy atom. The van der Waals surface area contributed by atoms with Gasteiger partial charge in [-0.1, -0.05) is 76.4 Å². The quantitative estimate of drug-likeness (QED) is 0.248. The molecule has 4 rings (SSSR count). The van der Waals surface area contributed by atoms with Crippen molar-refractivity contribution < 1.29 is 20.8 Å². The van der Waals surface area contributed by atoms with Gasteiger partial charge in [0.1, 0.15) is 0 Å². The van der Waals surface area contributed by atoms with Gasteiger partial charge >= 0.3 is 37.9 Å². The molecule has 3 heteroatoms. The Morgan fingerprint density at radius 2 is 1.48 bits per heavy atom. The Labute approximate surface area is 183 Å². The fourth-order valence-corrected chi connectivity index (χ4v) is 3.82. The van der Waals surface area contributed by atoms with Crippen LogP contribution in [0, 0.1) is 33.8 Å². The van der Waals surface area contributed by atoms with Gasteiger partial charge in [0.25, 0.3) is 0 Å². The molecule has 0 nitrogen and oxygen atoms in total. The van der Waals surface area contributed by atoms with Crippen molar-refractivity contribution in [2.75, 3.05) is 0 Å². The van der Waals surface area contributed by atoms with Crippen LogP contribution in [0.15, 0.2) is 42.5 Å². The van der Waals surface area contributed by atoms with E-state index in [4.69, 9.17) is 17.0 Å². The van der Waals surface area contributed by atoms with E-state index in [0.29, 0.717) is 0 Å². The molecule has 0 saturated carbocycles. The molecule has 27 heavy (non-hydrogen) atoms. The molecule has 140 valence electrons. The van der Waals surface area contributed by atoms with Crippen LogP contribution in [0.25, 0.3) is 11.1 Å². The first-order valence-corrected chi connectivity index (χ1v) is 15.5. The molecule has 0 spiro atoms. The molecule has 0 radical (unpaired) electrons. The van der Waals surface area contributed by atoms with Crippen molar-refractivity contribution in [1.82, 2.24) is 0 Å². The van der Waals surface area contributed by atoms with Crippen LogP contribution in [0.1, 0.15) is 45.9 Å². The van der Waals surface area contributed by atoms with Crippen molar-refractivity contribution in [3.05, 3.63) is 87.5 Å². The molecular formula is C24H26Cl2Zr. The molecule has 0 saturated heterocycles. The van der Waals surface area contributed by atoms with E-state index in [9.17, 15) is 0 Å². The van der Waals surface area contributed by atoms with Gasteiger partial charge < -0.3 is 0 Å². The minimum atomic E-state index is -0.826. The van der Waals surface area contributed by atoms with Gasteiger partial charge in [-0.2, -0.15) is 57.6 Å². The summed E-state index contributed by atoms with van der Waals surface area (Å²) in [6.45, 7) is 11.1. The fraction of sp³-hybridized carbons (Fsp3) is 0.292. The van der Waals surface area contributed by atoms with Gasteiger partial charge in [-0.3, -0.25) is 0 Å². The van der Waals surface area contributed by atoms with Crippen LogP contribution in [-0.2, 0) is 33.7 Å². The van der Waals surface area contributed by atoms with Crippen LogP contribution in [-0.4, -0.2) is 0 Å². The Hall–Kier alpha value is -0.747. The molecule has 1 aliphatic carbocycles. The molecule has 0 heterocycles. The van der Waals surface area contributed by atoms with E-state index in [0.717, 1.165) is 6.42 Å². The first-order valence-electron chi connectivity index (χ1n) is 9.22. The standard InChI is InChI=1S/C13H9.C11H17.2ClH.Zr/c1-3-7-12-10(5-1)9-11-6-2-4-8-13(11)12;1-6-11-9(4)7(2)8(3)10(11)5;;;/h1-5,7-8H,9H2;6H2,1-5H3;2*1H;/q2*-1;;;+4/p-2. The van der Waals surface area contributed by atoms with Crippen molar-refractivity contribution in [2.45, 2.75) is 47.5 Å². The molecule has 0 atom stereocenters. The third-order valence-corrected chi connectivity index (χ3v) is 5.56. The van der Waals surface area contributed by atoms with E-state index >= 15 is 0 Å². The molecule has 3 aromatic carbocycles. The molecule has 0 N–H and O–H groups in total. The summed E-state index contributed by atoms with van der Waals surface area (Å²) in [6, 6.07) is 18.1. The minimum absolute atomic E-state index is 0.826. The summed E-state index contributed by atoms with van der Waals surface area (Å²) < 4.78 is 0. The topological polar surface area (TPSA) is 0 Å². The van der Waals surface area contributed by atoms with E-state index in [1.165, 1.54) is 50.9 Å². The first kappa shape index (κ1) is 22.5. The zero-order valence-electron chi connectivity index (χ0n) is 16.7. The second-order valence-corrected chi connectivity index (χ2v) is 10.5. The summed E-state index contributed by atoms with van der Waals surface area (Å²) in [4.78, 5) is 0. The Bertz CT molecular complexity index is 824.